The summed E-state index contributed by atoms with van der Waals surface area (Å²) in [5.41, 5.74) is 1.95. The topological polar surface area (TPSA) is 96.0 Å². The van der Waals surface area contributed by atoms with Crippen molar-refractivity contribution in [1.82, 2.24) is 10.2 Å². The highest BCUT2D eigenvalue weighted by molar-refractivity contribution is 7.92. The van der Waals surface area contributed by atoms with Crippen molar-refractivity contribution < 1.29 is 22.7 Å². The molecular formula is C30H37N3O5S. The van der Waals surface area contributed by atoms with Gasteiger partial charge in [-0.05, 0) is 57.0 Å². The van der Waals surface area contributed by atoms with Gasteiger partial charge in [0.05, 0.1) is 17.7 Å². The van der Waals surface area contributed by atoms with Gasteiger partial charge in [0.15, 0.2) is 0 Å². The summed E-state index contributed by atoms with van der Waals surface area (Å²) < 4.78 is 34.4. The SMILES string of the molecule is CC[C@H](C)NC(=O)[C@H](C)N(Cc1ccccc1)C(=O)CN(c1ccccc1OC)S(=O)(=O)c1ccc(C)cc1. The third-order valence-electron chi connectivity index (χ3n) is 6.61. The van der Waals surface area contributed by atoms with Crippen LogP contribution in [0.1, 0.15) is 38.3 Å². The van der Waals surface area contributed by atoms with Crippen LogP contribution in [0.15, 0.2) is 83.8 Å². The lowest BCUT2D eigenvalue weighted by molar-refractivity contribution is -0.139. The molecule has 0 unspecified atom stereocenters. The van der Waals surface area contributed by atoms with Gasteiger partial charge in [-0.2, -0.15) is 0 Å². The number of benzene rings is 3. The molecule has 0 radical (unpaired) electrons. The Morgan fingerprint density at radius 2 is 1.54 bits per heavy atom. The van der Waals surface area contributed by atoms with Crippen molar-refractivity contribution in [2.75, 3.05) is 18.0 Å². The van der Waals surface area contributed by atoms with Crippen LogP contribution in [-0.2, 0) is 26.2 Å². The summed E-state index contributed by atoms with van der Waals surface area (Å²) >= 11 is 0. The second-order valence-electron chi connectivity index (χ2n) is 9.50. The van der Waals surface area contributed by atoms with Crippen LogP contribution < -0.4 is 14.4 Å². The Labute approximate surface area is 231 Å². The van der Waals surface area contributed by atoms with Gasteiger partial charge in [0.25, 0.3) is 10.0 Å². The standard InChI is InChI=1S/C30H37N3O5S/c1-6-23(3)31-30(35)24(4)32(20-25-12-8-7-9-13-25)29(34)21-33(27-14-10-11-15-28(27)38-5)39(36,37)26-18-16-22(2)17-19-26/h7-19,23-24H,6,20-21H2,1-5H3,(H,31,35)/t23-,24-/m0/s1. The van der Waals surface area contributed by atoms with Crippen LogP contribution >= 0.6 is 0 Å². The molecule has 0 saturated carbocycles. The molecule has 0 heterocycles. The number of anilines is 1. The fraction of sp³-hybridized carbons (Fsp3) is 0.333. The summed E-state index contributed by atoms with van der Waals surface area (Å²) in [7, 11) is -2.72. The number of carbonyl (C=O) groups excluding carboxylic acids is 2. The number of hydrogen-bond donors (Lipinski definition) is 1. The molecule has 0 aliphatic rings. The third-order valence-corrected chi connectivity index (χ3v) is 8.38. The first-order valence-corrected chi connectivity index (χ1v) is 14.4. The van der Waals surface area contributed by atoms with Crippen LogP contribution in [0.3, 0.4) is 0 Å². The van der Waals surface area contributed by atoms with Crippen molar-refractivity contribution in [1.29, 1.82) is 0 Å². The van der Waals surface area contributed by atoms with Gasteiger partial charge in [-0.3, -0.25) is 13.9 Å². The molecule has 0 aliphatic heterocycles. The van der Waals surface area contributed by atoms with Crippen LogP contribution in [0.4, 0.5) is 5.69 Å². The Morgan fingerprint density at radius 3 is 2.15 bits per heavy atom. The molecule has 0 bridgehead atoms. The molecule has 2 atom stereocenters. The van der Waals surface area contributed by atoms with Crippen molar-refractivity contribution in [3.8, 4) is 5.75 Å². The van der Waals surface area contributed by atoms with E-state index in [1.165, 1.54) is 24.1 Å². The van der Waals surface area contributed by atoms with Gasteiger partial charge in [0.2, 0.25) is 11.8 Å². The number of rotatable bonds is 12. The first-order chi connectivity index (χ1) is 18.6. The molecule has 2 amide bonds. The predicted octanol–water partition coefficient (Wildman–Crippen LogP) is 4.53. The van der Waals surface area contributed by atoms with Gasteiger partial charge < -0.3 is 15.0 Å². The molecule has 0 saturated heterocycles. The number of nitrogens with one attached hydrogen (secondary N) is 1. The van der Waals surface area contributed by atoms with E-state index in [0.717, 1.165) is 21.9 Å². The maximum Gasteiger partial charge on any atom is 0.264 e. The fourth-order valence-corrected chi connectivity index (χ4v) is 5.44. The zero-order valence-electron chi connectivity index (χ0n) is 23.1. The number of aryl methyl sites for hydroxylation is 1. The van der Waals surface area contributed by atoms with Gasteiger partial charge in [-0.1, -0.05) is 67.1 Å². The molecule has 0 aromatic heterocycles. The van der Waals surface area contributed by atoms with Gasteiger partial charge in [-0.25, -0.2) is 8.42 Å². The molecule has 3 aromatic carbocycles. The molecule has 8 nitrogen and oxygen atoms in total. The molecule has 9 heteroatoms. The van der Waals surface area contributed by atoms with Crippen molar-refractivity contribution in [2.24, 2.45) is 0 Å². The summed E-state index contributed by atoms with van der Waals surface area (Å²) in [5, 5.41) is 2.93. The number of methoxy groups -OCH3 is 1. The Hall–Kier alpha value is -3.85. The molecular weight excluding hydrogens is 514 g/mol. The van der Waals surface area contributed by atoms with Crippen molar-refractivity contribution in [2.45, 2.75) is 57.6 Å². The molecule has 3 rings (SSSR count). The van der Waals surface area contributed by atoms with E-state index in [0.29, 0.717) is 5.75 Å². The minimum atomic E-state index is -4.17. The van der Waals surface area contributed by atoms with Crippen molar-refractivity contribution in [3.63, 3.8) is 0 Å². The van der Waals surface area contributed by atoms with Crippen LogP contribution in [0.2, 0.25) is 0 Å². The summed E-state index contributed by atoms with van der Waals surface area (Å²) in [6, 6.07) is 21.5. The molecule has 0 fully saturated rings. The second-order valence-corrected chi connectivity index (χ2v) is 11.4. The van der Waals surface area contributed by atoms with Crippen LogP contribution in [0.25, 0.3) is 0 Å². The van der Waals surface area contributed by atoms with E-state index in [-0.39, 0.29) is 29.1 Å². The van der Waals surface area contributed by atoms with E-state index in [1.807, 2.05) is 51.1 Å². The van der Waals surface area contributed by atoms with E-state index < -0.39 is 28.5 Å². The van der Waals surface area contributed by atoms with Gasteiger partial charge in [0.1, 0.15) is 18.3 Å². The number of carbonyl (C=O) groups is 2. The third kappa shape index (κ3) is 7.38. The van der Waals surface area contributed by atoms with Crippen LogP contribution in [-0.4, -0.2) is 50.9 Å². The summed E-state index contributed by atoms with van der Waals surface area (Å²) in [6.45, 7) is 6.99. The Morgan fingerprint density at radius 1 is 0.923 bits per heavy atom. The Bertz CT molecular complexity index is 1360. The number of hydrogen-bond acceptors (Lipinski definition) is 5. The van der Waals surface area contributed by atoms with Crippen molar-refractivity contribution >= 4 is 27.5 Å². The average molecular weight is 552 g/mol. The maximum absolute atomic E-state index is 14.0. The monoisotopic (exact) mass is 551 g/mol. The Balaban J connectivity index is 2.05. The molecule has 0 aliphatic carbocycles. The smallest absolute Gasteiger partial charge is 0.264 e. The zero-order valence-corrected chi connectivity index (χ0v) is 23.9. The van der Waals surface area contributed by atoms with E-state index >= 15 is 0 Å². The zero-order chi connectivity index (χ0) is 28.6. The average Bonchev–Trinajstić information content (AvgIpc) is 2.94. The van der Waals surface area contributed by atoms with E-state index in [9.17, 15) is 18.0 Å². The first kappa shape index (κ1) is 29.7. The van der Waals surface area contributed by atoms with Crippen molar-refractivity contribution in [3.05, 3.63) is 90.0 Å². The lowest BCUT2D eigenvalue weighted by atomic mass is 10.1. The molecule has 1 N–H and O–H groups in total. The summed E-state index contributed by atoms with van der Waals surface area (Å²) in [5.74, 6) is -0.524. The Kier molecular flexibility index (Phi) is 10.1. The molecule has 3 aromatic rings. The molecule has 208 valence electrons. The number of amides is 2. The van der Waals surface area contributed by atoms with Gasteiger partial charge in [0, 0.05) is 12.6 Å². The van der Waals surface area contributed by atoms with E-state index in [1.54, 1.807) is 43.3 Å². The first-order valence-electron chi connectivity index (χ1n) is 12.9. The highest BCUT2D eigenvalue weighted by Gasteiger charge is 2.33. The number of nitrogens with zero attached hydrogens (tertiary/aromatic N) is 2. The quantitative estimate of drug-likeness (QED) is 0.357. The van der Waals surface area contributed by atoms with Gasteiger partial charge in [-0.15, -0.1) is 0 Å². The molecule has 39 heavy (non-hydrogen) atoms. The fourth-order valence-electron chi connectivity index (χ4n) is 4.01. The predicted molar refractivity (Wildman–Crippen MR) is 153 cm³/mol. The minimum Gasteiger partial charge on any atom is -0.495 e. The highest BCUT2D eigenvalue weighted by Crippen LogP contribution is 2.32. The van der Waals surface area contributed by atoms with E-state index in [2.05, 4.69) is 5.32 Å². The van der Waals surface area contributed by atoms with Crippen LogP contribution in [0.5, 0.6) is 5.75 Å². The lowest BCUT2D eigenvalue weighted by Crippen LogP contribution is -2.52. The number of sulfonamides is 1. The van der Waals surface area contributed by atoms with Gasteiger partial charge >= 0.3 is 0 Å². The second kappa shape index (κ2) is 13.3. The lowest BCUT2D eigenvalue weighted by Gasteiger charge is -2.32. The van der Waals surface area contributed by atoms with E-state index in [4.69, 9.17) is 4.74 Å². The largest absolute Gasteiger partial charge is 0.495 e. The number of ether oxygens (including phenoxy) is 1. The normalized spacial score (nSPS) is 12.7. The number of para-hydroxylation sites is 2. The van der Waals surface area contributed by atoms with Crippen LogP contribution in [0, 0.1) is 6.92 Å². The molecule has 0 spiro atoms. The maximum atomic E-state index is 14.0. The summed E-state index contributed by atoms with van der Waals surface area (Å²) in [4.78, 5) is 28.5. The highest BCUT2D eigenvalue weighted by atomic mass is 32.2. The summed E-state index contributed by atoms with van der Waals surface area (Å²) in [6.07, 6.45) is 0.738. The minimum absolute atomic E-state index is 0.0453.